The van der Waals surface area contributed by atoms with Crippen molar-refractivity contribution in [2.24, 2.45) is 0 Å². The zero-order chi connectivity index (χ0) is 22.0. The molecular formula is C29H38O3. The average Bonchev–Trinajstić information content (AvgIpc) is 2.75. The predicted molar refractivity (Wildman–Crippen MR) is 130 cm³/mol. The molecule has 4 rings (SSSR count). The van der Waals surface area contributed by atoms with Crippen molar-refractivity contribution in [1.29, 1.82) is 0 Å². The Morgan fingerprint density at radius 3 is 1.16 bits per heavy atom. The minimum absolute atomic E-state index is 0.538. The summed E-state index contributed by atoms with van der Waals surface area (Å²) in [7, 11) is 0. The summed E-state index contributed by atoms with van der Waals surface area (Å²) >= 11 is 0. The van der Waals surface area contributed by atoms with Gasteiger partial charge in [-0.3, -0.25) is 0 Å². The van der Waals surface area contributed by atoms with Crippen LogP contribution in [0.15, 0.2) is 48.5 Å². The lowest BCUT2D eigenvalue weighted by Gasteiger charge is -2.20. The van der Waals surface area contributed by atoms with Gasteiger partial charge in [-0.1, -0.05) is 88.5 Å². The van der Waals surface area contributed by atoms with E-state index in [1.165, 1.54) is 101 Å². The monoisotopic (exact) mass is 434 g/mol. The number of carbonyl (C=O) groups excluding carboxylic acids is 1. The fraction of sp³-hybridized carbons (Fsp3) is 0.552. The van der Waals surface area contributed by atoms with Crippen LogP contribution in [0.4, 0.5) is 4.79 Å². The van der Waals surface area contributed by atoms with E-state index in [9.17, 15) is 4.79 Å². The van der Waals surface area contributed by atoms with E-state index in [0.29, 0.717) is 23.3 Å². The zero-order valence-electron chi connectivity index (χ0n) is 19.4. The summed E-state index contributed by atoms with van der Waals surface area (Å²) in [5.74, 6) is 2.34. The van der Waals surface area contributed by atoms with Crippen LogP contribution in [0.1, 0.15) is 113 Å². The van der Waals surface area contributed by atoms with Gasteiger partial charge in [0, 0.05) is 0 Å². The van der Waals surface area contributed by atoms with Crippen molar-refractivity contribution >= 4 is 6.16 Å². The number of rotatable bonds is 4. The zero-order valence-corrected chi connectivity index (χ0v) is 19.4. The van der Waals surface area contributed by atoms with Crippen molar-refractivity contribution in [3.8, 4) is 11.5 Å². The van der Waals surface area contributed by atoms with Gasteiger partial charge in [0.15, 0.2) is 0 Å². The Bertz CT molecular complexity index is 739. The van der Waals surface area contributed by atoms with E-state index in [4.69, 9.17) is 9.47 Å². The summed E-state index contributed by atoms with van der Waals surface area (Å²) < 4.78 is 10.8. The highest BCUT2D eigenvalue weighted by molar-refractivity contribution is 5.67. The predicted octanol–water partition coefficient (Wildman–Crippen LogP) is 8.92. The SMILES string of the molecule is O=C(Oc1ccc(C2CCCCCCC2)cc1)Oc1ccc(C2CCCCCCC2)cc1. The van der Waals surface area contributed by atoms with Crippen molar-refractivity contribution in [3.05, 3.63) is 59.7 Å². The Hall–Kier alpha value is -2.29. The fourth-order valence-electron chi connectivity index (χ4n) is 5.41. The third-order valence-electron chi connectivity index (χ3n) is 7.32. The first-order valence-corrected chi connectivity index (χ1v) is 12.9. The molecule has 2 aliphatic rings. The molecule has 2 aromatic rings. The van der Waals surface area contributed by atoms with Gasteiger partial charge >= 0.3 is 6.16 Å². The van der Waals surface area contributed by atoms with E-state index in [1.54, 1.807) is 0 Å². The Morgan fingerprint density at radius 2 is 0.812 bits per heavy atom. The Balaban J connectivity index is 1.28. The van der Waals surface area contributed by atoms with Gasteiger partial charge in [0.25, 0.3) is 0 Å². The molecule has 0 radical (unpaired) electrons. The number of ether oxygens (including phenoxy) is 2. The quantitative estimate of drug-likeness (QED) is 0.356. The van der Waals surface area contributed by atoms with Gasteiger partial charge in [0.1, 0.15) is 11.5 Å². The minimum Gasteiger partial charge on any atom is -0.395 e. The lowest BCUT2D eigenvalue weighted by molar-refractivity contribution is 0.152. The molecule has 0 saturated heterocycles. The molecule has 0 N–H and O–H groups in total. The summed E-state index contributed by atoms with van der Waals surface area (Å²) in [6.07, 6.45) is 17.8. The molecule has 0 spiro atoms. The van der Waals surface area contributed by atoms with Crippen molar-refractivity contribution in [2.75, 3.05) is 0 Å². The maximum absolute atomic E-state index is 12.3. The topological polar surface area (TPSA) is 35.5 Å². The highest BCUT2D eigenvalue weighted by atomic mass is 16.7. The van der Waals surface area contributed by atoms with E-state index in [2.05, 4.69) is 24.3 Å². The van der Waals surface area contributed by atoms with Gasteiger partial charge in [-0.2, -0.15) is 0 Å². The lowest BCUT2D eigenvalue weighted by Crippen LogP contribution is -2.14. The van der Waals surface area contributed by atoms with Gasteiger partial charge in [-0.05, 0) is 72.9 Å². The van der Waals surface area contributed by atoms with Crippen LogP contribution in [0, 0.1) is 0 Å². The van der Waals surface area contributed by atoms with Crippen LogP contribution < -0.4 is 9.47 Å². The molecular weight excluding hydrogens is 396 g/mol. The first kappa shape index (κ1) is 22.9. The second-order valence-corrected chi connectivity index (χ2v) is 9.68. The summed E-state index contributed by atoms with van der Waals surface area (Å²) in [6.45, 7) is 0. The molecule has 0 bridgehead atoms. The third-order valence-corrected chi connectivity index (χ3v) is 7.32. The van der Waals surface area contributed by atoms with Gasteiger partial charge < -0.3 is 9.47 Å². The molecule has 0 aliphatic heterocycles. The minimum atomic E-state index is -0.678. The van der Waals surface area contributed by atoms with Crippen LogP contribution in [-0.4, -0.2) is 6.16 Å². The number of benzene rings is 2. The molecule has 3 heteroatoms. The van der Waals surface area contributed by atoms with E-state index >= 15 is 0 Å². The van der Waals surface area contributed by atoms with Gasteiger partial charge in [0.2, 0.25) is 0 Å². The number of carbonyl (C=O) groups is 1. The van der Waals surface area contributed by atoms with Crippen molar-refractivity contribution in [1.82, 2.24) is 0 Å². The number of hydrogen-bond acceptors (Lipinski definition) is 3. The van der Waals surface area contributed by atoms with Crippen molar-refractivity contribution in [3.63, 3.8) is 0 Å². The number of hydrogen-bond donors (Lipinski definition) is 0. The Labute approximate surface area is 193 Å². The first-order valence-electron chi connectivity index (χ1n) is 12.9. The van der Waals surface area contributed by atoms with Crippen molar-refractivity contribution < 1.29 is 14.3 Å². The lowest BCUT2D eigenvalue weighted by atomic mass is 9.86. The van der Waals surface area contributed by atoms with Gasteiger partial charge in [-0.25, -0.2) is 4.79 Å². The largest absolute Gasteiger partial charge is 0.519 e. The van der Waals surface area contributed by atoms with Gasteiger partial charge in [-0.15, -0.1) is 0 Å². The van der Waals surface area contributed by atoms with Crippen LogP contribution in [0.5, 0.6) is 11.5 Å². The van der Waals surface area contributed by atoms with Crippen LogP contribution in [-0.2, 0) is 0 Å². The molecule has 0 amide bonds. The molecule has 32 heavy (non-hydrogen) atoms. The molecule has 2 fully saturated rings. The summed E-state index contributed by atoms with van der Waals surface area (Å²) in [4.78, 5) is 12.3. The highest BCUT2D eigenvalue weighted by Gasteiger charge is 2.16. The smallest absolute Gasteiger partial charge is 0.395 e. The average molecular weight is 435 g/mol. The maximum Gasteiger partial charge on any atom is 0.519 e. The molecule has 2 aromatic carbocycles. The second-order valence-electron chi connectivity index (χ2n) is 9.68. The van der Waals surface area contributed by atoms with Gasteiger partial charge in [0.05, 0.1) is 0 Å². The van der Waals surface area contributed by atoms with E-state index < -0.39 is 6.16 Å². The van der Waals surface area contributed by atoms with E-state index in [1.807, 2.05) is 24.3 Å². The molecule has 2 aliphatic carbocycles. The molecule has 2 saturated carbocycles. The second kappa shape index (κ2) is 12.1. The molecule has 0 atom stereocenters. The molecule has 0 heterocycles. The van der Waals surface area contributed by atoms with Crippen LogP contribution in [0.2, 0.25) is 0 Å². The fourth-order valence-corrected chi connectivity index (χ4v) is 5.41. The van der Waals surface area contributed by atoms with E-state index in [-0.39, 0.29) is 0 Å². The van der Waals surface area contributed by atoms with Crippen LogP contribution in [0.3, 0.4) is 0 Å². The van der Waals surface area contributed by atoms with Crippen molar-refractivity contribution in [2.45, 2.75) is 102 Å². The Kier molecular flexibility index (Phi) is 8.64. The molecule has 172 valence electrons. The molecule has 0 aromatic heterocycles. The standard InChI is InChI=1S/C29H38O3/c30-29(31-27-19-15-25(16-20-27)23-11-7-3-1-4-8-12-23)32-28-21-17-26(18-22-28)24-13-9-5-2-6-10-14-24/h15-24H,1-14H2. The summed E-state index contributed by atoms with van der Waals surface area (Å²) in [5.41, 5.74) is 2.72. The summed E-state index contributed by atoms with van der Waals surface area (Å²) in [6, 6.07) is 16.0. The first-order chi connectivity index (χ1) is 15.8. The van der Waals surface area contributed by atoms with Crippen LogP contribution in [0.25, 0.3) is 0 Å². The highest BCUT2D eigenvalue weighted by Crippen LogP contribution is 2.33. The van der Waals surface area contributed by atoms with Crippen LogP contribution >= 0.6 is 0 Å². The normalized spacial score (nSPS) is 19.2. The summed E-state index contributed by atoms with van der Waals surface area (Å²) in [5, 5.41) is 0. The Morgan fingerprint density at radius 1 is 0.500 bits per heavy atom. The molecule has 3 nitrogen and oxygen atoms in total. The van der Waals surface area contributed by atoms with E-state index in [0.717, 1.165) is 0 Å². The third kappa shape index (κ3) is 6.85. The molecule has 0 unspecified atom stereocenters. The maximum atomic E-state index is 12.3.